The lowest BCUT2D eigenvalue weighted by atomic mass is 10.0. The molecular weight excluding hydrogens is 318 g/mol. The molecular formula is C19H23N3O3. The number of benzene rings is 1. The van der Waals surface area contributed by atoms with E-state index in [0.29, 0.717) is 19.4 Å². The second kappa shape index (κ2) is 9.42. The number of nitrogens with zero attached hydrogens (tertiary/aromatic N) is 1. The number of nitrogens with one attached hydrogen (secondary N) is 2. The quantitative estimate of drug-likeness (QED) is 0.688. The van der Waals surface area contributed by atoms with E-state index in [1.165, 1.54) is 0 Å². The molecule has 132 valence electrons. The molecule has 1 heterocycles. The number of pyridine rings is 1. The Kier molecular flexibility index (Phi) is 6.95. The Morgan fingerprint density at radius 2 is 1.96 bits per heavy atom. The minimum atomic E-state index is -0.869. The first-order valence-electron chi connectivity index (χ1n) is 8.24. The summed E-state index contributed by atoms with van der Waals surface area (Å²) in [5.41, 5.74) is 3.06. The van der Waals surface area contributed by atoms with Crippen LogP contribution in [0.5, 0.6) is 0 Å². The fourth-order valence-electron chi connectivity index (χ4n) is 2.52. The fraction of sp³-hybridized carbons (Fsp3) is 0.316. The molecule has 0 fully saturated rings. The number of hydrogen-bond donors (Lipinski definition) is 3. The van der Waals surface area contributed by atoms with E-state index in [4.69, 9.17) is 5.11 Å². The molecule has 2 rings (SSSR count). The van der Waals surface area contributed by atoms with Gasteiger partial charge in [0.25, 0.3) is 0 Å². The van der Waals surface area contributed by atoms with Crippen LogP contribution in [0.3, 0.4) is 0 Å². The van der Waals surface area contributed by atoms with E-state index in [-0.39, 0.29) is 18.5 Å². The van der Waals surface area contributed by atoms with Gasteiger partial charge in [-0.3, -0.25) is 9.78 Å². The number of amides is 2. The molecule has 1 aromatic carbocycles. The van der Waals surface area contributed by atoms with Gasteiger partial charge in [0.2, 0.25) is 0 Å². The molecule has 1 unspecified atom stereocenters. The van der Waals surface area contributed by atoms with Crippen molar-refractivity contribution in [3.8, 4) is 0 Å². The fourth-order valence-corrected chi connectivity index (χ4v) is 2.52. The van der Waals surface area contributed by atoms with Crippen molar-refractivity contribution in [3.63, 3.8) is 0 Å². The average molecular weight is 341 g/mol. The molecule has 25 heavy (non-hydrogen) atoms. The normalized spacial score (nSPS) is 11.6. The smallest absolute Gasteiger partial charge is 0.315 e. The second-order valence-electron chi connectivity index (χ2n) is 5.95. The van der Waals surface area contributed by atoms with Crippen LogP contribution in [0.2, 0.25) is 0 Å². The summed E-state index contributed by atoms with van der Waals surface area (Å²) in [7, 11) is 0. The third-order valence-electron chi connectivity index (χ3n) is 3.95. The van der Waals surface area contributed by atoms with Gasteiger partial charge in [0.1, 0.15) is 0 Å². The van der Waals surface area contributed by atoms with Crippen LogP contribution in [0.4, 0.5) is 4.79 Å². The number of urea groups is 1. The average Bonchev–Trinajstić information content (AvgIpc) is 2.60. The van der Waals surface area contributed by atoms with Crippen molar-refractivity contribution in [2.45, 2.75) is 38.8 Å². The van der Waals surface area contributed by atoms with Gasteiger partial charge in [-0.2, -0.15) is 0 Å². The van der Waals surface area contributed by atoms with Crippen LogP contribution < -0.4 is 10.6 Å². The molecule has 6 nitrogen and oxygen atoms in total. The number of hydrogen-bond acceptors (Lipinski definition) is 3. The summed E-state index contributed by atoms with van der Waals surface area (Å²) in [6.45, 7) is 2.34. The van der Waals surface area contributed by atoms with Gasteiger partial charge in [-0.05, 0) is 42.5 Å². The van der Waals surface area contributed by atoms with E-state index in [1.807, 2.05) is 43.3 Å². The van der Waals surface area contributed by atoms with E-state index in [9.17, 15) is 9.59 Å². The lowest BCUT2D eigenvalue weighted by Gasteiger charge is -2.19. The highest BCUT2D eigenvalue weighted by molar-refractivity contribution is 5.74. The van der Waals surface area contributed by atoms with Gasteiger partial charge < -0.3 is 15.7 Å². The number of aliphatic carboxylic acids is 1. The molecule has 2 amide bonds. The number of carboxylic acids is 1. The zero-order chi connectivity index (χ0) is 18.1. The van der Waals surface area contributed by atoms with E-state index < -0.39 is 5.97 Å². The third kappa shape index (κ3) is 6.63. The number of carboxylic acid groups (broad SMARTS) is 1. The highest BCUT2D eigenvalue weighted by atomic mass is 16.4. The van der Waals surface area contributed by atoms with Crippen molar-refractivity contribution in [2.75, 3.05) is 0 Å². The second-order valence-corrected chi connectivity index (χ2v) is 5.95. The van der Waals surface area contributed by atoms with Crippen molar-refractivity contribution in [1.82, 2.24) is 15.6 Å². The molecule has 0 saturated carbocycles. The summed E-state index contributed by atoms with van der Waals surface area (Å²) in [5.74, 6) is -0.869. The highest BCUT2D eigenvalue weighted by Gasteiger charge is 2.15. The standard InChI is InChI=1S/C19H23N3O3/c1-14-9-10-20-12-16(14)13-21-19(25)22-17(7-8-18(23)24)11-15-5-3-2-4-6-15/h2-6,9-10,12,17H,7-8,11,13H2,1H3,(H,23,24)(H2,21,22,25). The first-order valence-corrected chi connectivity index (χ1v) is 8.24. The Bertz CT molecular complexity index is 704. The summed E-state index contributed by atoms with van der Waals surface area (Å²) in [4.78, 5) is 27.1. The molecule has 0 spiro atoms. The van der Waals surface area contributed by atoms with E-state index in [1.54, 1.807) is 12.4 Å². The first kappa shape index (κ1) is 18.4. The third-order valence-corrected chi connectivity index (χ3v) is 3.95. The van der Waals surface area contributed by atoms with Crippen LogP contribution in [0.25, 0.3) is 0 Å². The largest absolute Gasteiger partial charge is 0.481 e. The van der Waals surface area contributed by atoms with Crippen molar-refractivity contribution in [1.29, 1.82) is 0 Å². The summed E-state index contributed by atoms with van der Waals surface area (Å²) < 4.78 is 0. The van der Waals surface area contributed by atoms with E-state index >= 15 is 0 Å². The zero-order valence-electron chi connectivity index (χ0n) is 14.2. The maximum Gasteiger partial charge on any atom is 0.315 e. The van der Waals surface area contributed by atoms with Gasteiger partial charge in [0.15, 0.2) is 0 Å². The molecule has 6 heteroatoms. The number of aromatic nitrogens is 1. The molecule has 0 saturated heterocycles. The Morgan fingerprint density at radius 1 is 1.20 bits per heavy atom. The Hall–Kier alpha value is -2.89. The van der Waals surface area contributed by atoms with E-state index in [2.05, 4.69) is 15.6 Å². The Morgan fingerprint density at radius 3 is 2.64 bits per heavy atom. The van der Waals surface area contributed by atoms with Crippen molar-refractivity contribution in [2.24, 2.45) is 0 Å². The van der Waals surface area contributed by atoms with Crippen LogP contribution in [0.15, 0.2) is 48.8 Å². The molecule has 1 atom stereocenters. The minimum absolute atomic E-state index is 0.0134. The summed E-state index contributed by atoms with van der Waals surface area (Å²) in [5, 5.41) is 14.6. The van der Waals surface area contributed by atoms with Crippen LogP contribution in [-0.4, -0.2) is 28.1 Å². The number of aryl methyl sites for hydroxylation is 1. The van der Waals surface area contributed by atoms with Crippen molar-refractivity contribution < 1.29 is 14.7 Å². The zero-order valence-corrected chi connectivity index (χ0v) is 14.2. The minimum Gasteiger partial charge on any atom is -0.481 e. The number of rotatable bonds is 8. The number of carbonyl (C=O) groups excluding carboxylic acids is 1. The van der Waals surface area contributed by atoms with Crippen molar-refractivity contribution in [3.05, 3.63) is 65.5 Å². The summed E-state index contributed by atoms with van der Waals surface area (Å²) >= 11 is 0. The van der Waals surface area contributed by atoms with Crippen LogP contribution >= 0.6 is 0 Å². The van der Waals surface area contributed by atoms with Gasteiger partial charge in [0, 0.05) is 31.4 Å². The lowest BCUT2D eigenvalue weighted by Crippen LogP contribution is -2.43. The lowest BCUT2D eigenvalue weighted by molar-refractivity contribution is -0.137. The highest BCUT2D eigenvalue weighted by Crippen LogP contribution is 2.08. The number of carbonyl (C=O) groups is 2. The Balaban J connectivity index is 1.91. The molecule has 2 aromatic rings. The maximum absolute atomic E-state index is 12.2. The molecule has 0 radical (unpaired) electrons. The molecule has 0 bridgehead atoms. The summed E-state index contributed by atoms with van der Waals surface area (Å²) in [6, 6.07) is 11.0. The van der Waals surface area contributed by atoms with Gasteiger partial charge in [0.05, 0.1) is 0 Å². The van der Waals surface area contributed by atoms with Gasteiger partial charge in [-0.15, -0.1) is 0 Å². The first-order chi connectivity index (χ1) is 12.0. The summed E-state index contributed by atoms with van der Waals surface area (Å²) in [6.07, 6.45) is 4.42. The van der Waals surface area contributed by atoms with Gasteiger partial charge in [-0.25, -0.2) is 4.79 Å². The predicted octanol–water partition coefficient (Wildman–Crippen LogP) is 2.67. The van der Waals surface area contributed by atoms with Crippen LogP contribution in [0, 0.1) is 6.92 Å². The molecule has 3 N–H and O–H groups in total. The maximum atomic E-state index is 12.2. The molecule has 0 aliphatic carbocycles. The molecule has 0 aliphatic rings. The SMILES string of the molecule is Cc1ccncc1CNC(=O)NC(CCC(=O)O)Cc1ccccc1. The van der Waals surface area contributed by atoms with Gasteiger partial charge in [-0.1, -0.05) is 30.3 Å². The van der Waals surface area contributed by atoms with Crippen LogP contribution in [0.1, 0.15) is 29.5 Å². The van der Waals surface area contributed by atoms with E-state index in [0.717, 1.165) is 16.7 Å². The molecule has 1 aromatic heterocycles. The monoisotopic (exact) mass is 341 g/mol. The topological polar surface area (TPSA) is 91.3 Å². The molecule has 0 aliphatic heterocycles. The van der Waals surface area contributed by atoms with Gasteiger partial charge >= 0.3 is 12.0 Å². The van der Waals surface area contributed by atoms with Crippen LogP contribution in [-0.2, 0) is 17.8 Å². The predicted molar refractivity (Wildman–Crippen MR) is 95.1 cm³/mol. The van der Waals surface area contributed by atoms with Crippen molar-refractivity contribution >= 4 is 12.0 Å². The Labute approximate surface area is 147 Å².